The van der Waals surface area contributed by atoms with E-state index in [0.717, 1.165) is 10.9 Å². The van der Waals surface area contributed by atoms with E-state index in [9.17, 15) is 5.11 Å². The van der Waals surface area contributed by atoms with E-state index in [0.29, 0.717) is 13.0 Å². The summed E-state index contributed by atoms with van der Waals surface area (Å²) in [6, 6.07) is 2.04. The average molecular weight is 265 g/mol. The number of thiophene rings is 1. The first kappa shape index (κ1) is 11.2. The first-order chi connectivity index (χ1) is 6.22. The molecule has 1 atom stereocenters. The first-order valence-corrected chi connectivity index (χ1v) is 5.79. The zero-order valence-corrected chi connectivity index (χ0v) is 9.90. The van der Waals surface area contributed by atoms with E-state index >= 15 is 0 Å². The van der Waals surface area contributed by atoms with E-state index in [1.807, 2.05) is 11.4 Å². The summed E-state index contributed by atoms with van der Waals surface area (Å²) in [7, 11) is 1.65. The highest BCUT2D eigenvalue weighted by Gasteiger charge is 2.06. The molecule has 0 aliphatic rings. The van der Waals surface area contributed by atoms with E-state index in [4.69, 9.17) is 4.74 Å². The molecule has 2 nitrogen and oxygen atoms in total. The van der Waals surface area contributed by atoms with Crippen LogP contribution in [0.15, 0.2) is 15.9 Å². The number of methoxy groups -OCH3 is 1. The minimum atomic E-state index is -0.287. The van der Waals surface area contributed by atoms with E-state index in [-0.39, 0.29) is 6.10 Å². The molecular formula is C9H13BrO2S. The van der Waals surface area contributed by atoms with Gasteiger partial charge in [-0.1, -0.05) is 0 Å². The number of aliphatic hydroxyl groups is 1. The Bertz CT molecular complexity index is 250. The smallest absolute Gasteiger partial charge is 0.0610 e. The SMILES string of the molecule is COCCC(O)Cc1cc(Br)cs1. The molecule has 0 fully saturated rings. The van der Waals surface area contributed by atoms with Crippen molar-refractivity contribution in [2.24, 2.45) is 0 Å². The summed E-state index contributed by atoms with van der Waals surface area (Å²) in [6.07, 6.45) is 1.14. The van der Waals surface area contributed by atoms with Crippen LogP contribution in [0, 0.1) is 0 Å². The second-order valence-electron chi connectivity index (χ2n) is 2.87. The van der Waals surface area contributed by atoms with E-state index in [2.05, 4.69) is 15.9 Å². The van der Waals surface area contributed by atoms with Crippen LogP contribution in [0.2, 0.25) is 0 Å². The number of hydrogen-bond acceptors (Lipinski definition) is 3. The lowest BCUT2D eigenvalue weighted by molar-refractivity contribution is 0.110. The molecule has 0 bridgehead atoms. The van der Waals surface area contributed by atoms with Gasteiger partial charge in [0.1, 0.15) is 0 Å². The summed E-state index contributed by atoms with van der Waals surface area (Å²) in [4.78, 5) is 1.20. The van der Waals surface area contributed by atoms with Gasteiger partial charge in [-0.25, -0.2) is 0 Å². The molecule has 4 heteroatoms. The Labute approximate surface area is 90.7 Å². The molecule has 1 heterocycles. The fourth-order valence-electron chi connectivity index (χ4n) is 1.05. The summed E-state index contributed by atoms with van der Waals surface area (Å²) in [5.74, 6) is 0. The number of halogens is 1. The summed E-state index contributed by atoms with van der Waals surface area (Å²) < 4.78 is 5.98. The van der Waals surface area contributed by atoms with Gasteiger partial charge < -0.3 is 9.84 Å². The van der Waals surface area contributed by atoms with Crippen molar-refractivity contribution in [3.05, 3.63) is 20.8 Å². The van der Waals surface area contributed by atoms with E-state index < -0.39 is 0 Å². The summed E-state index contributed by atoms with van der Waals surface area (Å²) in [5.41, 5.74) is 0. The van der Waals surface area contributed by atoms with E-state index in [1.54, 1.807) is 18.4 Å². The monoisotopic (exact) mass is 264 g/mol. The zero-order chi connectivity index (χ0) is 9.68. The van der Waals surface area contributed by atoms with Crippen molar-refractivity contribution in [3.8, 4) is 0 Å². The highest BCUT2D eigenvalue weighted by Crippen LogP contribution is 2.21. The fourth-order valence-corrected chi connectivity index (χ4v) is 2.57. The lowest BCUT2D eigenvalue weighted by atomic mass is 10.2. The third-order valence-corrected chi connectivity index (χ3v) is 3.43. The van der Waals surface area contributed by atoms with Gasteiger partial charge in [0.15, 0.2) is 0 Å². The predicted octanol–water partition coefficient (Wildman–Crippen LogP) is 2.45. The van der Waals surface area contributed by atoms with Crippen molar-refractivity contribution in [2.75, 3.05) is 13.7 Å². The number of ether oxygens (including phenoxy) is 1. The van der Waals surface area contributed by atoms with Crippen LogP contribution in [0.4, 0.5) is 0 Å². The topological polar surface area (TPSA) is 29.5 Å². The van der Waals surface area contributed by atoms with Gasteiger partial charge in [0, 0.05) is 34.9 Å². The molecule has 0 radical (unpaired) electrons. The van der Waals surface area contributed by atoms with Crippen molar-refractivity contribution in [1.29, 1.82) is 0 Å². The Kier molecular flexibility index (Phi) is 4.94. The van der Waals surface area contributed by atoms with Crippen LogP contribution in [0.1, 0.15) is 11.3 Å². The normalized spacial score (nSPS) is 13.2. The maximum absolute atomic E-state index is 9.55. The third-order valence-electron chi connectivity index (χ3n) is 1.71. The summed E-state index contributed by atoms with van der Waals surface area (Å²) in [5, 5.41) is 11.6. The molecule has 0 aliphatic heterocycles. The zero-order valence-electron chi connectivity index (χ0n) is 7.50. The molecular weight excluding hydrogens is 252 g/mol. The Hall–Kier alpha value is 0.1000. The van der Waals surface area contributed by atoms with Crippen LogP contribution in [0.25, 0.3) is 0 Å². The van der Waals surface area contributed by atoms with Gasteiger partial charge in [-0.05, 0) is 28.4 Å². The molecule has 1 N–H and O–H groups in total. The van der Waals surface area contributed by atoms with Crippen molar-refractivity contribution in [2.45, 2.75) is 18.9 Å². The molecule has 1 aromatic rings. The van der Waals surface area contributed by atoms with Crippen molar-refractivity contribution >= 4 is 27.3 Å². The van der Waals surface area contributed by atoms with Crippen molar-refractivity contribution in [1.82, 2.24) is 0 Å². The highest BCUT2D eigenvalue weighted by atomic mass is 79.9. The summed E-state index contributed by atoms with van der Waals surface area (Å²) >= 11 is 5.04. The summed E-state index contributed by atoms with van der Waals surface area (Å²) in [6.45, 7) is 0.619. The maximum atomic E-state index is 9.55. The van der Waals surface area contributed by atoms with Gasteiger partial charge in [-0.2, -0.15) is 0 Å². The second-order valence-corrected chi connectivity index (χ2v) is 4.78. The number of rotatable bonds is 5. The molecule has 0 spiro atoms. The third kappa shape index (κ3) is 4.22. The van der Waals surface area contributed by atoms with Gasteiger partial charge in [0.25, 0.3) is 0 Å². The first-order valence-electron chi connectivity index (χ1n) is 4.12. The van der Waals surface area contributed by atoms with Crippen molar-refractivity contribution in [3.63, 3.8) is 0 Å². The minimum absolute atomic E-state index is 0.287. The molecule has 74 valence electrons. The quantitative estimate of drug-likeness (QED) is 0.886. The van der Waals surface area contributed by atoms with Gasteiger partial charge in [0.05, 0.1) is 6.10 Å². The average Bonchev–Trinajstić information content (AvgIpc) is 2.48. The minimum Gasteiger partial charge on any atom is -0.393 e. The molecule has 1 rings (SSSR count). The molecule has 0 saturated heterocycles. The molecule has 0 aromatic carbocycles. The fraction of sp³-hybridized carbons (Fsp3) is 0.556. The van der Waals surface area contributed by atoms with Gasteiger partial charge in [0.2, 0.25) is 0 Å². The van der Waals surface area contributed by atoms with Crippen LogP contribution >= 0.6 is 27.3 Å². The van der Waals surface area contributed by atoms with Gasteiger partial charge in [-0.3, -0.25) is 0 Å². The van der Waals surface area contributed by atoms with E-state index in [1.165, 1.54) is 4.88 Å². The molecule has 1 unspecified atom stereocenters. The van der Waals surface area contributed by atoms with Crippen LogP contribution in [-0.4, -0.2) is 24.9 Å². The molecule has 1 aromatic heterocycles. The van der Waals surface area contributed by atoms with Gasteiger partial charge in [-0.15, -0.1) is 11.3 Å². The number of aliphatic hydroxyl groups excluding tert-OH is 1. The standard InChI is InChI=1S/C9H13BrO2S/c1-12-3-2-8(11)5-9-4-7(10)6-13-9/h4,6,8,11H,2-3,5H2,1H3. The Morgan fingerprint density at radius 2 is 2.46 bits per heavy atom. The molecule has 13 heavy (non-hydrogen) atoms. The van der Waals surface area contributed by atoms with Crippen LogP contribution < -0.4 is 0 Å². The Morgan fingerprint density at radius 1 is 1.69 bits per heavy atom. The van der Waals surface area contributed by atoms with Gasteiger partial charge >= 0.3 is 0 Å². The second kappa shape index (κ2) is 5.75. The van der Waals surface area contributed by atoms with Crippen LogP contribution in [0.5, 0.6) is 0 Å². The molecule has 0 saturated carbocycles. The van der Waals surface area contributed by atoms with Crippen LogP contribution in [-0.2, 0) is 11.2 Å². The predicted molar refractivity (Wildman–Crippen MR) is 58.2 cm³/mol. The molecule has 0 aliphatic carbocycles. The Morgan fingerprint density at radius 3 is 3.00 bits per heavy atom. The molecule has 0 amide bonds. The lowest BCUT2D eigenvalue weighted by Gasteiger charge is -2.07. The highest BCUT2D eigenvalue weighted by molar-refractivity contribution is 9.10. The Balaban J connectivity index is 2.31. The van der Waals surface area contributed by atoms with Crippen molar-refractivity contribution < 1.29 is 9.84 Å². The maximum Gasteiger partial charge on any atom is 0.0610 e. The largest absolute Gasteiger partial charge is 0.393 e. The van der Waals surface area contributed by atoms with Crippen LogP contribution in [0.3, 0.4) is 0 Å². The lowest BCUT2D eigenvalue weighted by Crippen LogP contribution is -2.12. The number of hydrogen-bond donors (Lipinski definition) is 1.